The first-order chi connectivity index (χ1) is 11.4. The summed E-state index contributed by atoms with van der Waals surface area (Å²) >= 11 is 0. The van der Waals surface area contributed by atoms with Gasteiger partial charge in [-0.15, -0.1) is 0 Å². The van der Waals surface area contributed by atoms with Crippen molar-refractivity contribution in [3.05, 3.63) is 53.3 Å². The van der Waals surface area contributed by atoms with E-state index in [1.165, 1.54) is 5.56 Å². The van der Waals surface area contributed by atoms with Crippen molar-refractivity contribution in [1.82, 2.24) is 4.98 Å². The average Bonchev–Trinajstić information content (AvgIpc) is 2.52. The van der Waals surface area contributed by atoms with Crippen molar-refractivity contribution in [3.63, 3.8) is 0 Å². The molecule has 0 aliphatic rings. The number of aromatic nitrogens is 1. The lowest BCUT2D eigenvalue weighted by molar-refractivity contribution is 0.0458. The van der Waals surface area contributed by atoms with Crippen molar-refractivity contribution < 1.29 is 9.53 Å². The highest BCUT2D eigenvalue weighted by Gasteiger charge is 2.21. The lowest BCUT2D eigenvalue weighted by atomic mass is 9.95. The Morgan fingerprint density at radius 1 is 1.04 bits per heavy atom. The van der Waals surface area contributed by atoms with Crippen LogP contribution in [0.2, 0.25) is 0 Å². The zero-order valence-electron chi connectivity index (χ0n) is 15.3. The summed E-state index contributed by atoms with van der Waals surface area (Å²) in [6.45, 7) is 10.8. The van der Waals surface area contributed by atoms with Gasteiger partial charge in [-0.05, 0) is 42.4 Å². The molecule has 0 spiro atoms. The topological polar surface area (TPSA) is 39.2 Å². The van der Waals surface area contributed by atoms with Crippen LogP contribution in [0.15, 0.2) is 36.5 Å². The third kappa shape index (κ3) is 4.67. The molecule has 0 saturated carbocycles. The molecule has 0 saturated heterocycles. The maximum Gasteiger partial charge on any atom is 0.340 e. The van der Waals surface area contributed by atoms with Gasteiger partial charge in [-0.25, -0.2) is 4.79 Å². The third-order valence-corrected chi connectivity index (χ3v) is 3.75. The minimum Gasteiger partial charge on any atom is -0.462 e. The molecule has 24 heavy (non-hydrogen) atoms. The summed E-state index contributed by atoms with van der Waals surface area (Å²) in [5.74, 6) is 0.451. The van der Waals surface area contributed by atoms with Gasteiger partial charge in [0.2, 0.25) is 0 Å². The van der Waals surface area contributed by atoms with Crippen LogP contribution in [0.1, 0.15) is 49.3 Å². The second-order valence-electron chi connectivity index (χ2n) is 7.14. The van der Waals surface area contributed by atoms with E-state index in [0.29, 0.717) is 24.0 Å². The van der Waals surface area contributed by atoms with Crippen LogP contribution < -0.4 is 0 Å². The van der Waals surface area contributed by atoms with Crippen molar-refractivity contribution in [2.75, 3.05) is 6.61 Å². The highest BCUT2D eigenvalue weighted by molar-refractivity contribution is 5.98. The molecule has 128 valence electrons. The first-order valence-corrected chi connectivity index (χ1v) is 8.60. The van der Waals surface area contributed by atoms with Crippen LogP contribution in [-0.2, 0) is 11.2 Å². The summed E-state index contributed by atoms with van der Waals surface area (Å²) < 4.78 is 5.52. The highest BCUT2D eigenvalue weighted by atomic mass is 16.5. The Hall–Kier alpha value is -2.16. The molecular weight excluding hydrogens is 298 g/mol. The monoisotopic (exact) mass is 325 g/mol. The second kappa shape index (κ2) is 8.09. The molecule has 3 heteroatoms. The first-order valence-electron chi connectivity index (χ1n) is 8.60. The van der Waals surface area contributed by atoms with Crippen LogP contribution in [0.25, 0.3) is 11.1 Å². The van der Waals surface area contributed by atoms with E-state index in [9.17, 15) is 4.79 Å². The van der Waals surface area contributed by atoms with Gasteiger partial charge in [0.05, 0.1) is 17.9 Å². The molecule has 1 aromatic carbocycles. The first kappa shape index (κ1) is 18.2. The van der Waals surface area contributed by atoms with Crippen molar-refractivity contribution in [1.29, 1.82) is 0 Å². The minimum atomic E-state index is -0.275. The van der Waals surface area contributed by atoms with Gasteiger partial charge in [0.1, 0.15) is 0 Å². The summed E-state index contributed by atoms with van der Waals surface area (Å²) in [6.07, 6.45) is 2.54. The van der Waals surface area contributed by atoms with Gasteiger partial charge >= 0.3 is 5.97 Å². The molecular formula is C21H27NO2. The Morgan fingerprint density at radius 3 is 2.29 bits per heavy atom. The van der Waals surface area contributed by atoms with Gasteiger partial charge in [-0.3, -0.25) is 4.98 Å². The smallest absolute Gasteiger partial charge is 0.340 e. The standard InChI is InChI=1S/C21H27NO2/c1-14(2)12-19-20(21(23)24-13-15(3)4)18(10-11-22-19)17-8-6-16(5)7-9-17/h6-11,14-15H,12-13H2,1-5H3. The third-order valence-electron chi connectivity index (χ3n) is 3.75. The average molecular weight is 325 g/mol. The van der Waals surface area contributed by atoms with Gasteiger partial charge in [-0.2, -0.15) is 0 Å². The minimum absolute atomic E-state index is 0.275. The zero-order chi connectivity index (χ0) is 17.7. The fraction of sp³-hybridized carbons (Fsp3) is 0.429. The fourth-order valence-corrected chi connectivity index (χ4v) is 2.56. The number of carbonyl (C=O) groups is 1. The summed E-state index contributed by atoms with van der Waals surface area (Å²) in [6, 6.07) is 10.1. The van der Waals surface area contributed by atoms with E-state index in [2.05, 4.69) is 37.9 Å². The molecule has 0 amide bonds. The predicted molar refractivity (Wildman–Crippen MR) is 98.1 cm³/mol. The molecule has 0 atom stereocenters. The summed E-state index contributed by atoms with van der Waals surface area (Å²) in [5, 5.41) is 0. The number of esters is 1. The van der Waals surface area contributed by atoms with Crippen LogP contribution in [-0.4, -0.2) is 17.6 Å². The molecule has 1 aromatic heterocycles. The molecule has 0 N–H and O–H groups in total. The molecule has 0 radical (unpaired) electrons. The molecule has 2 rings (SSSR count). The SMILES string of the molecule is Cc1ccc(-c2ccnc(CC(C)C)c2C(=O)OCC(C)C)cc1. The number of benzene rings is 1. The number of carbonyl (C=O) groups excluding carboxylic acids is 1. The van der Waals surface area contributed by atoms with Gasteiger partial charge in [0, 0.05) is 6.20 Å². The number of ether oxygens (including phenoxy) is 1. The van der Waals surface area contributed by atoms with Crippen LogP contribution in [0, 0.1) is 18.8 Å². The predicted octanol–water partition coefficient (Wildman–Crippen LogP) is 5.07. The molecule has 0 unspecified atom stereocenters. The van der Waals surface area contributed by atoms with Crippen molar-refractivity contribution in [2.24, 2.45) is 11.8 Å². The van der Waals surface area contributed by atoms with Gasteiger partial charge in [0.15, 0.2) is 0 Å². The van der Waals surface area contributed by atoms with Crippen molar-refractivity contribution in [3.8, 4) is 11.1 Å². The number of hydrogen-bond acceptors (Lipinski definition) is 3. The van der Waals surface area contributed by atoms with Gasteiger partial charge in [-0.1, -0.05) is 57.5 Å². The summed E-state index contributed by atoms with van der Waals surface area (Å²) in [7, 11) is 0. The Balaban J connectivity index is 2.49. The summed E-state index contributed by atoms with van der Waals surface area (Å²) in [5.41, 5.74) is 4.53. The van der Waals surface area contributed by atoms with E-state index in [0.717, 1.165) is 23.2 Å². The van der Waals surface area contributed by atoms with Crippen LogP contribution in [0.3, 0.4) is 0 Å². The van der Waals surface area contributed by atoms with Crippen LogP contribution in [0.5, 0.6) is 0 Å². The maximum absolute atomic E-state index is 12.8. The number of rotatable bonds is 6. The van der Waals surface area contributed by atoms with E-state index in [1.54, 1.807) is 6.20 Å². The highest BCUT2D eigenvalue weighted by Crippen LogP contribution is 2.28. The number of hydrogen-bond donors (Lipinski definition) is 0. The number of aryl methyl sites for hydroxylation is 1. The van der Waals surface area contributed by atoms with E-state index in [-0.39, 0.29) is 5.97 Å². The number of pyridine rings is 1. The fourth-order valence-electron chi connectivity index (χ4n) is 2.56. The molecule has 0 fully saturated rings. The molecule has 3 nitrogen and oxygen atoms in total. The molecule has 0 aliphatic carbocycles. The molecule has 0 aliphatic heterocycles. The Bertz CT molecular complexity index is 687. The zero-order valence-corrected chi connectivity index (χ0v) is 15.3. The number of nitrogens with zero attached hydrogens (tertiary/aromatic N) is 1. The van der Waals surface area contributed by atoms with Gasteiger partial charge in [0.25, 0.3) is 0 Å². The Morgan fingerprint density at radius 2 is 1.71 bits per heavy atom. The maximum atomic E-state index is 12.8. The van der Waals surface area contributed by atoms with Crippen molar-refractivity contribution in [2.45, 2.75) is 41.0 Å². The van der Waals surface area contributed by atoms with E-state index in [1.807, 2.05) is 32.0 Å². The normalized spacial score (nSPS) is 11.1. The molecule has 0 bridgehead atoms. The second-order valence-corrected chi connectivity index (χ2v) is 7.14. The lowest BCUT2D eigenvalue weighted by Crippen LogP contribution is -2.15. The lowest BCUT2D eigenvalue weighted by Gasteiger charge is -2.16. The van der Waals surface area contributed by atoms with E-state index in [4.69, 9.17) is 4.74 Å². The van der Waals surface area contributed by atoms with Crippen molar-refractivity contribution >= 4 is 5.97 Å². The van der Waals surface area contributed by atoms with Crippen LogP contribution >= 0.6 is 0 Å². The molecule has 1 heterocycles. The van der Waals surface area contributed by atoms with Crippen LogP contribution in [0.4, 0.5) is 0 Å². The largest absolute Gasteiger partial charge is 0.462 e. The Labute approximate surface area is 145 Å². The summed E-state index contributed by atoms with van der Waals surface area (Å²) in [4.78, 5) is 17.2. The quantitative estimate of drug-likeness (QED) is 0.696. The Kier molecular flexibility index (Phi) is 6.13. The van der Waals surface area contributed by atoms with Gasteiger partial charge < -0.3 is 4.74 Å². The molecule has 2 aromatic rings. The van der Waals surface area contributed by atoms with E-state index < -0.39 is 0 Å². The van der Waals surface area contributed by atoms with E-state index >= 15 is 0 Å².